The van der Waals surface area contributed by atoms with Crippen molar-refractivity contribution in [2.75, 3.05) is 56.0 Å². The van der Waals surface area contributed by atoms with E-state index < -0.39 is 5.60 Å². The fraction of sp³-hybridized carbons (Fsp3) is 0.321. The molecule has 0 saturated heterocycles. The second-order valence-electron chi connectivity index (χ2n) is 8.83. The molecule has 1 heterocycles. The van der Waals surface area contributed by atoms with E-state index in [1.165, 1.54) is 0 Å². The van der Waals surface area contributed by atoms with Crippen LogP contribution in [0.1, 0.15) is 40.9 Å². The van der Waals surface area contributed by atoms with E-state index in [9.17, 15) is 4.79 Å². The first-order valence-electron chi connectivity index (χ1n) is 11.5. The van der Waals surface area contributed by atoms with Crippen molar-refractivity contribution in [2.24, 2.45) is 0 Å². The Morgan fingerprint density at radius 2 is 1.39 bits per heavy atom. The fourth-order valence-corrected chi connectivity index (χ4v) is 4.75. The average Bonchev–Trinajstić information content (AvgIpc) is 3.13. The van der Waals surface area contributed by atoms with Gasteiger partial charge in [-0.3, -0.25) is 0 Å². The van der Waals surface area contributed by atoms with Crippen molar-refractivity contribution in [1.82, 2.24) is 0 Å². The van der Waals surface area contributed by atoms with Gasteiger partial charge in [-0.15, -0.1) is 0 Å². The van der Waals surface area contributed by atoms with Gasteiger partial charge in [0.25, 0.3) is 0 Å². The van der Waals surface area contributed by atoms with Crippen LogP contribution in [0.2, 0.25) is 0 Å². The Bertz CT molecular complexity index is 1150. The largest absolute Gasteiger partial charge is 0.440 e. The van der Waals surface area contributed by atoms with E-state index in [-0.39, 0.29) is 5.97 Å². The molecule has 1 atom stereocenters. The van der Waals surface area contributed by atoms with E-state index in [2.05, 4.69) is 71.0 Å². The van der Waals surface area contributed by atoms with Gasteiger partial charge in [-0.05, 0) is 44.2 Å². The van der Waals surface area contributed by atoms with E-state index in [1.54, 1.807) is 0 Å². The Morgan fingerprint density at radius 3 is 2.00 bits per heavy atom. The number of carbonyl (C=O) groups is 1. The number of hydrogen-bond donors (Lipinski definition) is 0. The predicted octanol–water partition coefficient (Wildman–Crippen LogP) is 5.13. The van der Waals surface area contributed by atoms with Gasteiger partial charge in [-0.1, -0.05) is 36.4 Å². The van der Waals surface area contributed by atoms with Gasteiger partial charge in [0.1, 0.15) is 0 Å². The van der Waals surface area contributed by atoms with Crippen molar-refractivity contribution >= 4 is 23.0 Å². The van der Waals surface area contributed by atoms with E-state index in [0.717, 1.165) is 46.8 Å². The Morgan fingerprint density at radius 1 is 0.758 bits per heavy atom. The first-order chi connectivity index (χ1) is 15.8. The summed E-state index contributed by atoms with van der Waals surface area (Å²) >= 11 is 0. The molecule has 0 radical (unpaired) electrons. The number of esters is 1. The number of anilines is 3. The highest BCUT2D eigenvalue weighted by atomic mass is 16.6. The minimum absolute atomic E-state index is 0.292. The fourth-order valence-electron chi connectivity index (χ4n) is 4.75. The highest BCUT2D eigenvalue weighted by Gasteiger charge is 2.49. The van der Waals surface area contributed by atoms with Crippen LogP contribution in [-0.4, -0.2) is 47.2 Å². The number of nitrogens with zero attached hydrogens (tertiary/aromatic N) is 3. The molecule has 0 aliphatic carbocycles. The lowest BCUT2D eigenvalue weighted by Gasteiger charge is -2.34. The first-order valence-corrected chi connectivity index (χ1v) is 11.5. The van der Waals surface area contributed by atoms with Crippen molar-refractivity contribution < 1.29 is 9.53 Å². The maximum Gasteiger partial charge on any atom is 0.340 e. The highest BCUT2D eigenvalue weighted by molar-refractivity contribution is 5.97. The second-order valence-corrected chi connectivity index (χ2v) is 8.83. The third kappa shape index (κ3) is 3.71. The normalized spacial score (nSPS) is 16.8. The minimum atomic E-state index is -1.01. The lowest BCUT2D eigenvalue weighted by molar-refractivity contribution is 0.0253. The second kappa shape index (κ2) is 8.81. The highest BCUT2D eigenvalue weighted by Crippen LogP contribution is 2.50. The molecular weight excluding hydrogens is 410 g/mol. The number of rotatable bonds is 7. The van der Waals surface area contributed by atoms with Crippen molar-refractivity contribution in [3.63, 3.8) is 0 Å². The average molecular weight is 444 g/mol. The number of benzene rings is 3. The minimum Gasteiger partial charge on any atom is -0.440 e. The van der Waals surface area contributed by atoms with Crippen molar-refractivity contribution in [2.45, 2.75) is 19.4 Å². The maximum atomic E-state index is 13.1. The molecule has 1 aliphatic heterocycles. The summed E-state index contributed by atoms with van der Waals surface area (Å²) in [6.45, 7) is 6.19. The van der Waals surface area contributed by atoms with Crippen molar-refractivity contribution in [3.8, 4) is 0 Å². The van der Waals surface area contributed by atoms with Gasteiger partial charge in [-0.25, -0.2) is 4.79 Å². The molecule has 0 spiro atoms. The molecule has 3 aromatic carbocycles. The number of ether oxygens (including phenoxy) is 1. The molecule has 0 fully saturated rings. The number of carbonyl (C=O) groups excluding carboxylic acids is 1. The van der Waals surface area contributed by atoms with Gasteiger partial charge in [0.15, 0.2) is 5.60 Å². The SMILES string of the molecule is CCN(CC)c1ccc(C2(c3ccc(N(C)C)cc3N(C)C)OC(=O)c3ccccc32)cc1. The number of fused-ring (bicyclic) bond motifs is 1. The molecule has 0 amide bonds. The smallest absolute Gasteiger partial charge is 0.340 e. The van der Waals surface area contributed by atoms with Crippen LogP contribution in [0.3, 0.4) is 0 Å². The standard InChI is InChI=1S/C28H33N3O2/c1-7-31(8-2)21-15-13-20(14-16-21)28(24-12-10-9-11-23(24)27(32)33-28)25-18-17-22(29(3)4)19-26(25)30(5)6/h9-19H,7-8H2,1-6H3. The van der Waals surface area contributed by atoms with Gasteiger partial charge in [0, 0.05) is 75.0 Å². The van der Waals surface area contributed by atoms with Crippen LogP contribution >= 0.6 is 0 Å². The summed E-state index contributed by atoms with van der Waals surface area (Å²) < 4.78 is 6.34. The molecule has 1 unspecified atom stereocenters. The third-order valence-corrected chi connectivity index (χ3v) is 6.53. The van der Waals surface area contributed by atoms with Crippen LogP contribution < -0.4 is 14.7 Å². The summed E-state index contributed by atoms with van der Waals surface area (Å²) in [5.41, 5.74) is 5.64. The van der Waals surface area contributed by atoms with E-state index in [0.29, 0.717) is 5.56 Å². The molecule has 5 nitrogen and oxygen atoms in total. The van der Waals surface area contributed by atoms with Gasteiger partial charge in [0.2, 0.25) is 0 Å². The topological polar surface area (TPSA) is 36.0 Å². The maximum absolute atomic E-state index is 13.1. The summed E-state index contributed by atoms with van der Waals surface area (Å²) in [7, 11) is 8.11. The van der Waals surface area contributed by atoms with E-state index >= 15 is 0 Å². The van der Waals surface area contributed by atoms with Crippen LogP contribution in [0.25, 0.3) is 0 Å². The van der Waals surface area contributed by atoms with Gasteiger partial charge in [-0.2, -0.15) is 0 Å². The zero-order chi connectivity index (χ0) is 23.8. The summed E-state index contributed by atoms with van der Waals surface area (Å²) in [5, 5.41) is 0. The monoisotopic (exact) mass is 443 g/mol. The molecule has 5 heteroatoms. The summed E-state index contributed by atoms with van der Waals surface area (Å²) in [4.78, 5) is 19.6. The van der Waals surface area contributed by atoms with Gasteiger partial charge >= 0.3 is 5.97 Å². The molecule has 0 saturated carbocycles. The molecule has 4 rings (SSSR count). The summed E-state index contributed by atoms with van der Waals surface area (Å²) in [6.07, 6.45) is 0. The van der Waals surface area contributed by atoms with Crippen LogP contribution in [0.15, 0.2) is 66.7 Å². The van der Waals surface area contributed by atoms with Crippen LogP contribution in [0.4, 0.5) is 17.1 Å². The van der Waals surface area contributed by atoms with Gasteiger partial charge < -0.3 is 19.4 Å². The quantitative estimate of drug-likeness (QED) is 0.473. The number of hydrogen-bond acceptors (Lipinski definition) is 5. The Hall–Kier alpha value is -3.47. The van der Waals surface area contributed by atoms with Crippen LogP contribution in [0.5, 0.6) is 0 Å². The van der Waals surface area contributed by atoms with E-state index in [4.69, 9.17) is 4.74 Å². The third-order valence-electron chi connectivity index (χ3n) is 6.53. The number of cyclic esters (lactones) is 1. The Labute approximate surface area is 197 Å². The van der Waals surface area contributed by atoms with Crippen molar-refractivity contribution in [3.05, 3.63) is 89.0 Å². The lowest BCUT2D eigenvalue weighted by Crippen LogP contribution is -2.32. The summed E-state index contributed by atoms with van der Waals surface area (Å²) in [6, 6.07) is 22.5. The zero-order valence-corrected chi connectivity index (χ0v) is 20.4. The molecule has 3 aromatic rings. The molecule has 0 aromatic heterocycles. The molecule has 33 heavy (non-hydrogen) atoms. The lowest BCUT2D eigenvalue weighted by atomic mass is 9.78. The molecule has 1 aliphatic rings. The van der Waals surface area contributed by atoms with Crippen molar-refractivity contribution in [1.29, 1.82) is 0 Å². The van der Waals surface area contributed by atoms with E-state index in [1.807, 2.05) is 52.5 Å². The molecule has 0 N–H and O–H groups in total. The van der Waals surface area contributed by atoms with Gasteiger partial charge in [0.05, 0.1) is 5.56 Å². The molecule has 0 bridgehead atoms. The molecular formula is C28H33N3O2. The first kappa shape index (κ1) is 22.7. The Kier molecular flexibility index (Phi) is 6.07. The van der Waals surface area contributed by atoms with Crippen LogP contribution in [0, 0.1) is 0 Å². The Balaban J connectivity index is 1.99. The predicted molar refractivity (Wildman–Crippen MR) is 137 cm³/mol. The molecule has 172 valence electrons. The van der Waals surface area contributed by atoms with Crippen LogP contribution in [-0.2, 0) is 10.3 Å². The zero-order valence-electron chi connectivity index (χ0n) is 20.4. The summed E-state index contributed by atoms with van der Waals surface area (Å²) in [5.74, 6) is -0.292.